The summed E-state index contributed by atoms with van der Waals surface area (Å²) in [6, 6.07) is 11.7. The fourth-order valence-electron chi connectivity index (χ4n) is 2.84. The summed E-state index contributed by atoms with van der Waals surface area (Å²) in [6.45, 7) is 4.16. The molecule has 134 valence electrons. The summed E-state index contributed by atoms with van der Waals surface area (Å²) in [5.41, 5.74) is 2.62. The quantitative estimate of drug-likeness (QED) is 0.842. The van der Waals surface area contributed by atoms with Crippen molar-refractivity contribution in [3.63, 3.8) is 0 Å². The van der Waals surface area contributed by atoms with Crippen LogP contribution >= 0.6 is 0 Å². The van der Waals surface area contributed by atoms with Gasteiger partial charge in [0.15, 0.2) is 11.6 Å². The lowest BCUT2D eigenvalue weighted by atomic mass is 10.1. The van der Waals surface area contributed by atoms with Crippen LogP contribution in [-0.2, 0) is 11.3 Å². The molecule has 0 radical (unpaired) electrons. The van der Waals surface area contributed by atoms with Gasteiger partial charge in [-0.3, -0.25) is 0 Å². The molecule has 2 aromatic carbocycles. The number of rotatable bonds is 6. The molecular weight excluding hydrogens is 326 g/mol. The topological polar surface area (TPSA) is 44.7 Å². The van der Waals surface area contributed by atoms with Crippen LogP contribution in [0.3, 0.4) is 0 Å². The van der Waals surface area contributed by atoms with Crippen molar-refractivity contribution in [3.8, 4) is 0 Å². The Balaban J connectivity index is 1.48. The van der Waals surface area contributed by atoms with Gasteiger partial charge >= 0.3 is 0 Å². The van der Waals surface area contributed by atoms with E-state index in [2.05, 4.69) is 22.3 Å². The molecule has 0 amide bonds. The minimum atomic E-state index is -0.949. The minimum absolute atomic E-state index is 0.260. The first-order valence-electron chi connectivity index (χ1n) is 8.39. The van der Waals surface area contributed by atoms with Crippen LogP contribution in [0, 0.1) is 11.6 Å². The molecule has 4 nitrogen and oxygen atoms in total. The van der Waals surface area contributed by atoms with Gasteiger partial charge in [-0.25, -0.2) is 8.78 Å². The first-order valence-corrected chi connectivity index (χ1v) is 8.39. The molecule has 0 aliphatic carbocycles. The van der Waals surface area contributed by atoms with Crippen LogP contribution in [-0.4, -0.2) is 38.0 Å². The second-order valence-electron chi connectivity index (χ2n) is 6.09. The maximum Gasteiger partial charge on any atom is 0.159 e. The second kappa shape index (κ2) is 8.38. The third-order valence-corrected chi connectivity index (χ3v) is 4.31. The summed E-state index contributed by atoms with van der Waals surface area (Å²) in [6.07, 6.45) is -0.886. The van der Waals surface area contributed by atoms with Crippen molar-refractivity contribution in [3.05, 3.63) is 65.2 Å². The Morgan fingerprint density at radius 1 is 1.04 bits per heavy atom. The highest BCUT2D eigenvalue weighted by Gasteiger charge is 2.12. The van der Waals surface area contributed by atoms with E-state index in [4.69, 9.17) is 4.74 Å². The van der Waals surface area contributed by atoms with Gasteiger partial charge in [-0.05, 0) is 35.4 Å². The Hall–Kier alpha value is -2.02. The van der Waals surface area contributed by atoms with Gasteiger partial charge in [0.05, 0.1) is 19.3 Å². The van der Waals surface area contributed by atoms with Crippen molar-refractivity contribution >= 4 is 5.69 Å². The Bertz CT molecular complexity index is 688. The van der Waals surface area contributed by atoms with E-state index in [1.165, 1.54) is 11.8 Å². The zero-order valence-corrected chi connectivity index (χ0v) is 13.9. The molecule has 1 aliphatic heterocycles. The van der Waals surface area contributed by atoms with E-state index in [9.17, 15) is 13.9 Å². The van der Waals surface area contributed by atoms with Crippen LogP contribution in [0.2, 0.25) is 0 Å². The number of hydrogen-bond donors (Lipinski definition) is 2. The van der Waals surface area contributed by atoms with Gasteiger partial charge in [0.1, 0.15) is 0 Å². The van der Waals surface area contributed by atoms with Gasteiger partial charge in [-0.2, -0.15) is 0 Å². The molecular formula is C19H22F2N2O2. The standard InChI is InChI=1S/C19H22F2N2O2/c20-17-6-3-15(11-18(17)21)19(24)13-22-12-14-1-4-16(5-2-14)23-7-9-25-10-8-23/h1-6,11,19,22,24H,7-10,12-13H2. The lowest BCUT2D eigenvalue weighted by Gasteiger charge is -2.28. The fraction of sp³-hybridized carbons (Fsp3) is 0.368. The number of nitrogens with zero attached hydrogens (tertiary/aromatic N) is 1. The summed E-state index contributed by atoms with van der Waals surface area (Å²) in [7, 11) is 0. The number of aliphatic hydroxyl groups is 1. The second-order valence-corrected chi connectivity index (χ2v) is 6.09. The third kappa shape index (κ3) is 4.75. The van der Waals surface area contributed by atoms with Gasteiger partial charge in [0.25, 0.3) is 0 Å². The molecule has 2 aromatic rings. The van der Waals surface area contributed by atoms with E-state index in [0.717, 1.165) is 44.0 Å². The smallest absolute Gasteiger partial charge is 0.159 e. The number of nitrogens with one attached hydrogen (secondary N) is 1. The molecule has 1 atom stereocenters. The molecule has 0 bridgehead atoms. The molecule has 25 heavy (non-hydrogen) atoms. The van der Waals surface area contributed by atoms with Gasteiger partial charge in [0, 0.05) is 31.9 Å². The Kier molecular flexibility index (Phi) is 5.96. The number of halogens is 2. The Morgan fingerprint density at radius 3 is 2.44 bits per heavy atom. The van der Waals surface area contributed by atoms with Crippen molar-refractivity contribution in [1.29, 1.82) is 0 Å². The summed E-state index contributed by atoms with van der Waals surface area (Å²) >= 11 is 0. The summed E-state index contributed by atoms with van der Waals surface area (Å²) in [5, 5.41) is 13.2. The van der Waals surface area contributed by atoms with Gasteiger partial charge in [-0.1, -0.05) is 18.2 Å². The third-order valence-electron chi connectivity index (χ3n) is 4.31. The van der Waals surface area contributed by atoms with Crippen molar-refractivity contribution in [1.82, 2.24) is 5.32 Å². The highest BCUT2D eigenvalue weighted by Crippen LogP contribution is 2.18. The van der Waals surface area contributed by atoms with Crippen LogP contribution in [0.15, 0.2) is 42.5 Å². The molecule has 6 heteroatoms. The number of aliphatic hydroxyl groups excluding tert-OH is 1. The number of anilines is 1. The van der Waals surface area contributed by atoms with Crippen LogP contribution in [0.5, 0.6) is 0 Å². The van der Waals surface area contributed by atoms with Crippen LogP contribution in [0.1, 0.15) is 17.2 Å². The maximum atomic E-state index is 13.2. The predicted octanol–water partition coefficient (Wildman–Crippen LogP) is 2.62. The zero-order valence-electron chi connectivity index (χ0n) is 13.9. The molecule has 0 aromatic heterocycles. The summed E-state index contributed by atoms with van der Waals surface area (Å²) in [4.78, 5) is 2.29. The van der Waals surface area contributed by atoms with Crippen molar-refractivity contribution in [2.24, 2.45) is 0 Å². The van der Waals surface area contributed by atoms with Gasteiger partial charge in [-0.15, -0.1) is 0 Å². The van der Waals surface area contributed by atoms with Gasteiger partial charge in [0.2, 0.25) is 0 Å². The van der Waals surface area contributed by atoms with E-state index in [0.29, 0.717) is 12.1 Å². The molecule has 1 unspecified atom stereocenters. The molecule has 0 spiro atoms. The van der Waals surface area contributed by atoms with Crippen LogP contribution in [0.25, 0.3) is 0 Å². The summed E-state index contributed by atoms with van der Waals surface area (Å²) in [5.74, 6) is -1.86. The van der Waals surface area contributed by atoms with E-state index in [-0.39, 0.29) is 6.54 Å². The molecule has 0 saturated carbocycles. The molecule has 1 fully saturated rings. The van der Waals surface area contributed by atoms with E-state index in [1.54, 1.807) is 0 Å². The molecule has 2 N–H and O–H groups in total. The predicted molar refractivity (Wildman–Crippen MR) is 92.5 cm³/mol. The minimum Gasteiger partial charge on any atom is -0.387 e. The first kappa shape index (κ1) is 17.8. The largest absolute Gasteiger partial charge is 0.387 e. The number of ether oxygens (including phenoxy) is 1. The Morgan fingerprint density at radius 2 is 1.76 bits per heavy atom. The Labute approximate surface area is 146 Å². The van der Waals surface area contributed by atoms with E-state index >= 15 is 0 Å². The van der Waals surface area contributed by atoms with E-state index in [1.807, 2.05) is 12.1 Å². The normalized spacial score (nSPS) is 16.0. The number of benzene rings is 2. The van der Waals surface area contributed by atoms with Crippen LogP contribution in [0.4, 0.5) is 14.5 Å². The molecule has 3 rings (SSSR count). The SMILES string of the molecule is OC(CNCc1ccc(N2CCOCC2)cc1)c1ccc(F)c(F)c1. The highest BCUT2D eigenvalue weighted by molar-refractivity contribution is 5.47. The first-order chi connectivity index (χ1) is 12.1. The number of hydrogen-bond acceptors (Lipinski definition) is 4. The molecule has 1 saturated heterocycles. The van der Waals surface area contributed by atoms with Crippen molar-refractivity contribution in [2.45, 2.75) is 12.6 Å². The zero-order chi connectivity index (χ0) is 17.6. The van der Waals surface area contributed by atoms with E-state index < -0.39 is 17.7 Å². The molecule has 1 aliphatic rings. The van der Waals surface area contributed by atoms with Gasteiger partial charge < -0.3 is 20.1 Å². The van der Waals surface area contributed by atoms with Crippen LogP contribution < -0.4 is 10.2 Å². The average molecular weight is 348 g/mol. The maximum absolute atomic E-state index is 13.2. The average Bonchev–Trinajstić information content (AvgIpc) is 2.65. The van der Waals surface area contributed by atoms with Crippen molar-refractivity contribution < 1.29 is 18.6 Å². The fourth-order valence-corrected chi connectivity index (χ4v) is 2.84. The lowest BCUT2D eigenvalue weighted by Crippen LogP contribution is -2.36. The monoisotopic (exact) mass is 348 g/mol. The highest BCUT2D eigenvalue weighted by atomic mass is 19.2. The molecule has 1 heterocycles. The lowest BCUT2D eigenvalue weighted by molar-refractivity contribution is 0.122. The van der Waals surface area contributed by atoms with Crippen molar-refractivity contribution in [2.75, 3.05) is 37.7 Å². The summed E-state index contributed by atoms with van der Waals surface area (Å²) < 4.78 is 31.5. The number of morpholine rings is 1.